The highest BCUT2D eigenvalue weighted by Crippen LogP contribution is 2.43. The maximum absolute atomic E-state index is 14.9. The summed E-state index contributed by atoms with van der Waals surface area (Å²) in [6.45, 7) is 8.08. The standard InChI is InChI=1S/C55H80N25O18P5/c1-30(2)71-9-33(94-39(14-71)78-27-66-44-47(57)60-24-63-50(44)78)20-90-102(87)74-12-36(97-42(17-74)79-28-67-45-48(58)61-25-64-51(45)79)23-93-103(88)75-13-37(98-43(18-75)80-29-68-46-49(59)62-26-65-52(46)80)22-92-100(85)72-11-35(95-40(15-72)76-7-6-38(56)69-54(76)82)21-91-101(86)73-10-34(19-89-99(84)31(3)4)96-41(16-73)77-8-32(5)53(81)70-55(77)83/h6-8,24-31,33-37,39-43,99-103H,9-23H2,1-5H3,(H2,56,69,82)(H2,57,60,63)(H2,58,61,64)(H2,59,62,65)(H,70,81,83)/t33-,34-,35-,36-,37-,39+,40+,41+,42+,43+/m0/s1. The van der Waals surface area contributed by atoms with Crippen LogP contribution in [0.5, 0.6) is 0 Å². The lowest BCUT2D eigenvalue weighted by atomic mass is 10.2. The first-order valence-electron chi connectivity index (χ1n) is 32.8. The van der Waals surface area contributed by atoms with Crippen LogP contribution in [0.2, 0.25) is 0 Å². The van der Waals surface area contributed by atoms with Gasteiger partial charge < -0.3 is 69.2 Å². The maximum atomic E-state index is 14.9. The van der Waals surface area contributed by atoms with Crippen molar-refractivity contribution in [2.45, 2.75) is 108 Å². The third-order valence-corrected chi connectivity index (χ3v) is 24.3. The van der Waals surface area contributed by atoms with Crippen molar-refractivity contribution < 1.29 is 69.1 Å². The molecular weight excluding hydrogens is 1450 g/mol. The number of imidazole rings is 3. The quantitative estimate of drug-likeness (QED) is 0.0470. The molecule has 13 heterocycles. The first-order valence-corrected chi connectivity index (χ1v) is 39.2. The Hall–Kier alpha value is -7.04. The van der Waals surface area contributed by atoms with Gasteiger partial charge in [0, 0.05) is 68.9 Å². The van der Waals surface area contributed by atoms with Gasteiger partial charge in [-0.2, -0.15) is 4.98 Å². The van der Waals surface area contributed by atoms with Crippen molar-refractivity contribution >= 4 is 97.5 Å². The van der Waals surface area contributed by atoms with E-state index in [-0.39, 0.29) is 130 Å². The number of nitrogens with zero attached hydrogens (tertiary/aromatic N) is 20. The van der Waals surface area contributed by atoms with Crippen molar-refractivity contribution in [2.75, 3.05) is 121 Å². The average Bonchev–Trinajstić information content (AvgIpc) is 1.71. The highest BCUT2D eigenvalue weighted by molar-refractivity contribution is 7.40. The van der Waals surface area contributed by atoms with Gasteiger partial charge in [0.05, 0.1) is 109 Å². The number of aromatic nitrogens is 16. The van der Waals surface area contributed by atoms with Crippen molar-refractivity contribution in [3.8, 4) is 0 Å². The molecule has 5 saturated heterocycles. The van der Waals surface area contributed by atoms with E-state index >= 15 is 0 Å². The number of hydrogen-bond acceptors (Lipinski definition) is 33. The Kier molecular flexibility index (Phi) is 23.3. The fraction of sp³-hybridized carbons (Fsp3) is 0.582. The monoisotopic (exact) mass is 1530 g/mol. The molecule has 0 amide bonds. The SMILES string of the molecule is Cc1cn([C@H]2CN([PH](=O)OC[C@@H]3CN([PH](=O)OC[C@@H]4CN([PH](=O)OC[C@@H]5CN([PH](=O)OC[C@@H]6CN(C(C)C)C[C@H](n7cnc8c(N)ncnc87)O6)C[C@H](n6cnc7c(N)ncnc76)O5)C[C@H](n5cnc6c(N)ncnc65)O4)C[C@H](n4ccc(N)nc4=O)O3)C[C@@H](CO[PH](=O)C(C)C)O2)c(=O)[nH]c1=O. The number of rotatable bonds is 26. The molecule has 0 aliphatic carbocycles. The largest absolute Gasteiger partial charge is 0.383 e. The molecule has 5 aliphatic rings. The molecule has 15 atom stereocenters. The number of morpholine rings is 5. The third kappa shape index (κ3) is 17.0. The molecule has 0 saturated carbocycles. The summed E-state index contributed by atoms with van der Waals surface area (Å²) in [5, 5.41) is 0. The van der Waals surface area contributed by atoms with E-state index in [2.05, 4.69) is 73.6 Å². The summed E-state index contributed by atoms with van der Waals surface area (Å²) in [5.74, 6) is 0.380. The van der Waals surface area contributed by atoms with Crippen LogP contribution in [0.1, 0.15) is 64.4 Å². The van der Waals surface area contributed by atoms with Crippen LogP contribution in [-0.4, -0.2) is 242 Å². The van der Waals surface area contributed by atoms with Gasteiger partial charge in [0.15, 0.2) is 54.9 Å². The lowest BCUT2D eigenvalue weighted by Crippen LogP contribution is -2.50. The molecule has 0 spiro atoms. The molecule has 13 rings (SSSR count). The molecule has 5 unspecified atom stereocenters. The summed E-state index contributed by atoms with van der Waals surface area (Å²) in [4.78, 5) is 85.9. The van der Waals surface area contributed by atoms with E-state index in [4.69, 9.17) is 69.2 Å². The second-order valence-corrected chi connectivity index (χ2v) is 33.5. The molecule has 5 aliphatic heterocycles. The minimum atomic E-state index is -3.33. The highest BCUT2D eigenvalue weighted by atomic mass is 31.1. The van der Waals surface area contributed by atoms with Crippen LogP contribution in [0, 0.1) is 6.92 Å². The second kappa shape index (κ2) is 32.4. The van der Waals surface area contributed by atoms with Crippen LogP contribution >= 0.6 is 40.7 Å². The average molecular weight is 1530 g/mol. The van der Waals surface area contributed by atoms with E-state index in [0.717, 1.165) is 9.13 Å². The molecule has 43 nitrogen and oxygen atoms in total. The predicted octanol–water partition coefficient (Wildman–Crippen LogP) is 0.881. The maximum Gasteiger partial charge on any atom is 0.351 e. The van der Waals surface area contributed by atoms with Crippen molar-refractivity contribution in [3.63, 3.8) is 0 Å². The van der Waals surface area contributed by atoms with Gasteiger partial charge in [-0.05, 0) is 26.8 Å². The number of nitrogens with one attached hydrogen (secondary N) is 1. The molecule has 558 valence electrons. The lowest BCUT2D eigenvalue weighted by Gasteiger charge is -2.41. The summed E-state index contributed by atoms with van der Waals surface area (Å²) < 4.78 is 147. The number of fused-ring (bicyclic) bond motifs is 3. The fourth-order valence-electron chi connectivity index (χ4n) is 12.4. The Morgan fingerprint density at radius 3 is 1.21 bits per heavy atom. The van der Waals surface area contributed by atoms with E-state index in [1.807, 2.05) is 0 Å². The van der Waals surface area contributed by atoms with Crippen LogP contribution < -0.4 is 39.9 Å². The Labute approximate surface area is 588 Å². The van der Waals surface area contributed by atoms with Crippen LogP contribution in [0.15, 0.2) is 70.8 Å². The number of ether oxygens (including phenoxy) is 5. The Morgan fingerprint density at radius 1 is 0.476 bits per heavy atom. The number of anilines is 4. The minimum absolute atomic E-state index is 0.00454. The van der Waals surface area contributed by atoms with E-state index in [9.17, 15) is 37.2 Å². The highest BCUT2D eigenvalue weighted by Gasteiger charge is 2.41. The lowest BCUT2D eigenvalue weighted by molar-refractivity contribution is -0.138. The van der Waals surface area contributed by atoms with Crippen LogP contribution in [-0.2, 0) is 69.1 Å². The molecule has 103 heavy (non-hydrogen) atoms. The van der Waals surface area contributed by atoms with Gasteiger partial charge in [0.25, 0.3) is 38.3 Å². The van der Waals surface area contributed by atoms with Gasteiger partial charge in [-0.3, -0.25) is 60.3 Å². The van der Waals surface area contributed by atoms with Gasteiger partial charge in [-0.1, -0.05) is 13.8 Å². The Balaban J connectivity index is 0.697. The number of hydrogen-bond donors (Lipinski definition) is 5. The Bertz CT molecular complexity index is 4680. The van der Waals surface area contributed by atoms with E-state index < -0.39 is 126 Å². The van der Waals surface area contributed by atoms with Gasteiger partial charge in [-0.25, -0.2) is 73.1 Å². The van der Waals surface area contributed by atoms with Crippen molar-refractivity contribution in [3.05, 3.63) is 93.3 Å². The molecule has 0 radical (unpaired) electrons. The predicted molar refractivity (Wildman–Crippen MR) is 371 cm³/mol. The smallest absolute Gasteiger partial charge is 0.351 e. The minimum Gasteiger partial charge on any atom is -0.383 e. The van der Waals surface area contributed by atoms with Crippen LogP contribution in [0.25, 0.3) is 33.5 Å². The summed E-state index contributed by atoms with van der Waals surface area (Å²) in [7, 11) is -15.4. The zero-order valence-corrected chi connectivity index (χ0v) is 61.3. The zero-order valence-electron chi connectivity index (χ0n) is 56.3. The second-order valence-electron chi connectivity index (χ2n) is 25.6. The number of aromatic amines is 1. The molecule has 0 bridgehead atoms. The van der Waals surface area contributed by atoms with Gasteiger partial charge in [0.2, 0.25) is 0 Å². The molecule has 48 heteroatoms. The summed E-state index contributed by atoms with van der Waals surface area (Å²) in [5.41, 5.74) is 24.3. The van der Waals surface area contributed by atoms with E-state index in [1.54, 1.807) is 43.2 Å². The van der Waals surface area contributed by atoms with Crippen LogP contribution in [0.4, 0.5) is 23.3 Å². The topological polar surface area (TPSA) is 518 Å². The van der Waals surface area contributed by atoms with Gasteiger partial charge in [0.1, 0.15) is 60.0 Å². The van der Waals surface area contributed by atoms with Crippen molar-refractivity contribution in [1.82, 2.24) is 101 Å². The third-order valence-electron chi connectivity index (χ3n) is 17.7. The number of nitrogen functional groups attached to an aromatic ring is 4. The molecule has 0 aromatic carbocycles. The normalized spacial score (nSPS) is 26.2. The molecule has 8 aromatic heterocycles. The molecular formula is C55H80N25O18P5. The fourth-order valence-corrected chi connectivity index (χ4v) is 17.8. The molecule has 8 aromatic rings. The summed E-state index contributed by atoms with van der Waals surface area (Å²) in [6.07, 6.45) is 2.06. The van der Waals surface area contributed by atoms with Crippen LogP contribution in [0.3, 0.4) is 0 Å². The first kappa shape index (κ1) is 74.2. The summed E-state index contributed by atoms with van der Waals surface area (Å²) >= 11 is 0. The molecule has 9 N–H and O–H groups in total. The molecule has 5 fully saturated rings. The van der Waals surface area contributed by atoms with Crippen molar-refractivity contribution in [2.24, 2.45) is 0 Å². The van der Waals surface area contributed by atoms with Gasteiger partial charge >= 0.3 is 11.4 Å². The first-order chi connectivity index (χ1) is 49.5. The zero-order chi connectivity index (χ0) is 72.5. The number of aryl methyl sites for hydroxylation is 1. The number of nitrogens with two attached hydrogens (primary N) is 4. The van der Waals surface area contributed by atoms with Gasteiger partial charge in [-0.15, -0.1) is 0 Å². The number of H-pyrrole nitrogens is 1. The Morgan fingerprint density at radius 2 is 0.835 bits per heavy atom. The van der Waals surface area contributed by atoms with Crippen molar-refractivity contribution in [1.29, 1.82) is 0 Å². The summed E-state index contributed by atoms with van der Waals surface area (Å²) in [6, 6.07) is 1.48. The van der Waals surface area contributed by atoms with E-state index in [0.29, 0.717) is 35.4 Å². The van der Waals surface area contributed by atoms with E-state index in [1.165, 1.54) is 66.4 Å².